The highest BCUT2D eigenvalue weighted by molar-refractivity contribution is 5.58. The van der Waals surface area contributed by atoms with E-state index in [1.807, 2.05) is 0 Å². The van der Waals surface area contributed by atoms with Crippen molar-refractivity contribution in [3.05, 3.63) is 22.2 Å². The number of benzene rings is 1. The minimum absolute atomic E-state index is 0.0274. The fourth-order valence-electron chi connectivity index (χ4n) is 3.15. The molecule has 0 spiro atoms. The van der Waals surface area contributed by atoms with Crippen LogP contribution in [-0.2, 0) is 0 Å². The lowest BCUT2D eigenvalue weighted by atomic mass is 10.2. The van der Waals surface area contributed by atoms with Crippen molar-refractivity contribution in [1.29, 1.82) is 0 Å². The van der Waals surface area contributed by atoms with Gasteiger partial charge in [0.15, 0.2) is 11.5 Å². The summed E-state index contributed by atoms with van der Waals surface area (Å²) in [5.41, 5.74) is -0.0274. The number of hydrogen-bond acceptors (Lipinski definition) is 5. The van der Waals surface area contributed by atoms with Crippen LogP contribution >= 0.6 is 0 Å². The summed E-state index contributed by atoms with van der Waals surface area (Å²) in [6.45, 7) is 8.08. The van der Waals surface area contributed by atoms with Gasteiger partial charge in [-0.3, -0.25) is 10.1 Å². The van der Waals surface area contributed by atoms with Crippen LogP contribution in [0, 0.1) is 10.1 Å². The molecule has 0 unspecified atom stereocenters. The molecule has 0 aromatic heterocycles. The SMILES string of the molecule is CCCCCCOc1cc([N+](=O)[O-])cc(OCCCCCC)c1OCCCCCC. The van der Waals surface area contributed by atoms with Crippen molar-refractivity contribution in [2.75, 3.05) is 19.8 Å². The minimum atomic E-state index is -0.404. The zero-order chi connectivity index (χ0) is 22.0. The second kappa shape index (κ2) is 16.8. The fourth-order valence-corrected chi connectivity index (χ4v) is 3.15. The van der Waals surface area contributed by atoms with Crippen molar-refractivity contribution >= 4 is 5.69 Å². The predicted octanol–water partition coefficient (Wildman–Crippen LogP) is 7.47. The Morgan fingerprint density at radius 1 is 0.667 bits per heavy atom. The van der Waals surface area contributed by atoms with Gasteiger partial charge >= 0.3 is 0 Å². The number of nitro groups is 1. The van der Waals surface area contributed by atoms with Crippen LogP contribution in [0.2, 0.25) is 0 Å². The van der Waals surface area contributed by atoms with Gasteiger partial charge in [-0.1, -0.05) is 78.6 Å². The Kier molecular flexibility index (Phi) is 14.6. The van der Waals surface area contributed by atoms with Crippen molar-refractivity contribution < 1.29 is 19.1 Å². The molecule has 0 radical (unpaired) electrons. The average Bonchev–Trinajstić information content (AvgIpc) is 2.74. The molecule has 6 nitrogen and oxygen atoms in total. The quantitative estimate of drug-likeness (QED) is 0.131. The largest absolute Gasteiger partial charge is 0.489 e. The number of non-ortho nitro benzene ring substituents is 1. The van der Waals surface area contributed by atoms with E-state index in [2.05, 4.69) is 20.8 Å². The third-order valence-electron chi connectivity index (χ3n) is 4.97. The van der Waals surface area contributed by atoms with Gasteiger partial charge in [0.25, 0.3) is 5.69 Å². The number of unbranched alkanes of at least 4 members (excludes halogenated alkanes) is 9. The summed E-state index contributed by atoms with van der Waals surface area (Å²) in [5, 5.41) is 11.4. The highest BCUT2D eigenvalue weighted by Crippen LogP contribution is 2.41. The first kappa shape index (κ1) is 26.1. The molecule has 0 aliphatic heterocycles. The van der Waals surface area contributed by atoms with E-state index in [0.717, 1.165) is 70.6 Å². The van der Waals surface area contributed by atoms with Gasteiger partial charge in [-0.25, -0.2) is 0 Å². The van der Waals surface area contributed by atoms with E-state index in [1.165, 1.54) is 18.6 Å². The molecule has 0 N–H and O–H groups in total. The Morgan fingerprint density at radius 3 is 1.43 bits per heavy atom. The maximum atomic E-state index is 11.4. The molecule has 0 aliphatic rings. The minimum Gasteiger partial charge on any atom is -0.489 e. The monoisotopic (exact) mass is 423 g/mol. The topological polar surface area (TPSA) is 70.8 Å². The highest BCUT2D eigenvalue weighted by atomic mass is 16.6. The van der Waals surface area contributed by atoms with Gasteiger partial charge in [-0.15, -0.1) is 0 Å². The average molecular weight is 424 g/mol. The molecule has 0 bridgehead atoms. The molecule has 0 atom stereocenters. The summed E-state index contributed by atoms with van der Waals surface area (Å²) in [5.74, 6) is 1.34. The number of nitro benzene ring substituents is 1. The molecule has 1 aromatic carbocycles. The predicted molar refractivity (Wildman–Crippen MR) is 122 cm³/mol. The van der Waals surface area contributed by atoms with Gasteiger partial charge in [-0.05, 0) is 19.3 Å². The lowest BCUT2D eigenvalue weighted by Crippen LogP contribution is -2.07. The van der Waals surface area contributed by atoms with E-state index >= 15 is 0 Å². The summed E-state index contributed by atoms with van der Waals surface area (Å²) >= 11 is 0. The molecule has 1 aromatic rings. The summed E-state index contributed by atoms with van der Waals surface area (Å²) in [7, 11) is 0. The van der Waals surface area contributed by atoms with Crippen molar-refractivity contribution in [1.82, 2.24) is 0 Å². The van der Waals surface area contributed by atoms with E-state index < -0.39 is 4.92 Å². The molecular weight excluding hydrogens is 382 g/mol. The molecule has 1 rings (SSSR count). The third-order valence-corrected chi connectivity index (χ3v) is 4.97. The molecule has 0 saturated carbocycles. The molecule has 0 amide bonds. The first-order chi connectivity index (χ1) is 14.6. The van der Waals surface area contributed by atoms with Crippen LogP contribution in [0.4, 0.5) is 5.69 Å². The zero-order valence-electron chi connectivity index (χ0n) is 19.2. The zero-order valence-corrected chi connectivity index (χ0v) is 19.2. The highest BCUT2D eigenvalue weighted by Gasteiger charge is 2.20. The number of hydrogen-bond donors (Lipinski definition) is 0. The van der Waals surface area contributed by atoms with Gasteiger partial charge < -0.3 is 14.2 Å². The van der Waals surface area contributed by atoms with Crippen molar-refractivity contribution in [3.63, 3.8) is 0 Å². The van der Waals surface area contributed by atoms with Crippen LogP contribution < -0.4 is 14.2 Å². The van der Waals surface area contributed by atoms with E-state index in [0.29, 0.717) is 37.1 Å². The lowest BCUT2D eigenvalue weighted by Gasteiger charge is -2.17. The van der Waals surface area contributed by atoms with E-state index in [-0.39, 0.29) is 5.69 Å². The van der Waals surface area contributed by atoms with Crippen molar-refractivity contribution in [2.24, 2.45) is 0 Å². The standard InChI is InChI=1S/C24H41NO5/c1-4-7-10-13-16-28-22-19-21(25(26)27)20-23(29-17-14-11-8-5-2)24(22)30-18-15-12-9-6-3/h19-20H,4-18H2,1-3H3. The lowest BCUT2D eigenvalue weighted by molar-refractivity contribution is -0.385. The van der Waals surface area contributed by atoms with E-state index in [9.17, 15) is 10.1 Å². The van der Waals surface area contributed by atoms with Gasteiger partial charge in [-0.2, -0.15) is 0 Å². The van der Waals surface area contributed by atoms with Crippen LogP contribution in [0.5, 0.6) is 17.2 Å². The Labute approximate surface area is 182 Å². The summed E-state index contributed by atoms with van der Waals surface area (Å²) in [6.07, 6.45) is 13.0. The molecule has 0 saturated heterocycles. The number of ether oxygens (including phenoxy) is 3. The van der Waals surface area contributed by atoms with Crippen LogP contribution in [0.15, 0.2) is 12.1 Å². The molecule has 0 fully saturated rings. The number of nitrogens with zero attached hydrogens (tertiary/aromatic N) is 1. The number of rotatable bonds is 19. The van der Waals surface area contributed by atoms with Gasteiger partial charge in [0.05, 0.1) is 36.9 Å². The molecule has 0 aliphatic carbocycles. The van der Waals surface area contributed by atoms with Gasteiger partial charge in [0.1, 0.15) is 0 Å². The van der Waals surface area contributed by atoms with E-state index in [4.69, 9.17) is 14.2 Å². The van der Waals surface area contributed by atoms with Crippen molar-refractivity contribution in [3.8, 4) is 17.2 Å². The van der Waals surface area contributed by atoms with Crippen LogP contribution in [-0.4, -0.2) is 24.7 Å². The van der Waals surface area contributed by atoms with Gasteiger partial charge in [0, 0.05) is 0 Å². The maximum absolute atomic E-state index is 11.4. The molecule has 30 heavy (non-hydrogen) atoms. The van der Waals surface area contributed by atoms with Crippen molar-refractivity contribution in [2.45, 2.75) is 97.8 Å². The summed E-state index contributed by atoms with van der Waals surface area (Å²) < 4.78 is 17.9. The Morgan fingerprint density at radius 2 is 1.07 bits per heavy atom. The maximum Gasteiger partial charge on any atom is 0.277 e. The Balaban J connectivity index is 2.91. The summed E-state index contributed by atoms with van der Waals surface area (Å²) in [4.78, 5) is 11.0. The molecular formula is C24H41NO5. The molecule has 172 valence electrons. The van der Waals surface area contributed by atoms with E-state index in [1.54, 1.807) is 0 Å². The van der Waals surface area contributed by atoms with Crippen LogP contribution in [0.3, 0.4) is 0 Å². The van der Waals surface area contributed by atoms with Gasteiger partial charge in [0.2, 0.25) is 5.75 Å². The van der Waals surface area contributed by atoms with Crippen LogP contribution in [0.1, 0.15) is 97.8 Å². The summed E-state index contributed by atoms with van der Waals surface area (Å²) in [6, 6.07) is 2.93. The second-order valence-electron chi connectivity index (χ2n) is 7.76. The smallest absolute Gasteiger partial charge is 0.277 e. The third kappa shape index (κ3) is 10.7. The normalized spacial score (nSPS) is 10.8. The first-order valence-corrected chi connectivity index (χ1v) is 11.8. The fraction of sp³-hybridized carbons (Fsp3) is 0.750. The molecule has 0 heterocycles. The second-order valence-corrected chi connectivity index (χ2v) is 7.76. The molecule has 6 heteroatoms. The Bertz CT molecular complexity index is 556. The van der Waals surface area contributed by atoms with Crippen LogP contribution in [0.25, 0.3) is 0 Å². The Hall–Kier alpha value is -1.98. The first-order valence-electron chi connectivity index (χ1n) is 11.8.